The van der Waals surface area contributed by atoms with Crippen LogP contribution in [0.2, 0.25) is 0 Å². The predicted octanol–water partition coefficient (Wildman–Crippen LogP) is 2.24. The van der Waals surface area contributed by atoms with Crippen molar-refractivity contribution in [2.75, 3.05) is 31.5 Å². The summed E-state index contributed by atoms with van der Waals surface area (Å²) in [6.45, 7) is 3.85. The van der Waals surface area contributed by atoms with Gasteiger partial charge in [-0.05, 0) is 31.0 Å². The molecule has 0 aliphatic heterocycles. The Hall–Kier alpha value is -2.91. The lowest BCUT2D eigenvalue weighted by Crippen LogP contribution is -2.53. The first kappa shape index (κ1) is 25.4. The van der Waals surface area contributed by atoms with Crippen LogP contribution in [0.15, 0.2) is 60.7 Å². The maximum absolute atomic E-state index is 13.5. The van der Waals surface area contributed by atoms with Crippen molar-refractivity contribution in [2.24, 2.45) is 0 Å². The van der Waals surface area contributed by atoms with Gasteiger partial charge >= 0.3 is 10.2 Å². The predicted molar refractivity (Wildman–Crippen MR) is 126 cm³/mol. The van der Waals surface area contributed by atoms with E-state index in [1.165, 1.54) is 19.0 Å². The number of para-hydroxylation sites is 1. The van der Waals surface area contributed by atoms with Crippen molar-refractivity contribution in [3.8, 4) is 0 Å². The normalized spacial score (nSPS) is 12.3. The molecule has 174 valence electrons. The first-order valence-electron chi connectivity index (χ1n) is 10.6. The molecule has 0 spiro atoms. The molecule has 1 N–H and O–H groups in total. The van der Waals surface area contributed by atoms with Crippen LogP contribution in [0, 0.1) is 0 Å². The van der Waals surface area contributed by atoms with E-state index in [1.54, 1.807) is 30.3 Å². The highest BCUT2D eigenvalue weighted by atomic mass is 32.2. The Bertz CT molecular complexity index is 982. The summed E-state index contributed by atoms with van der Waals surface area (Å²) in [4.78, 5) is 27.7. The number of carbonyl (C=O) groups is 2. The van der Waals surface area contributed by atoms with Crippen LogP contribution in [0.25, 0.3) is 0 Å². The van der Waals surface area contributed by atoms with E-state index >= 15 is 0 Å². The van der Waals surface area contributed by atoms with E-state index < -0.39 is 28.7 Å². The summed E-state index contributed by atoms with van der Waals surface area (Å²) >= 11 is 0. The largest absolute Gasteiger partial charge is 0.355 e. The summed E-state index contributed by atoms with van der Waals surface area (Å²) in [5.41, 5.74) is 1.23. The van der Waals surface area contributed by atoms with E-state index in [4.69, 9.17) is 0 Å². The number of anilines is 1. The standard InChI is InChI=1S/C23H32N4O4S/c1-5-21(23(29)24-6-2)26(17-19-13-9-7-10-14-19)22(28)18-27(32(30,31)25(3)4)20-15-11-8-12-16-20/h7-16,21H,5-6,17-18H2,1-4H3,(H,24,29)/t21-/m1/s1. The monoisotopic (exact) mass is 460 g/mol. The second-order valence-corrected chi connectivity index (χ2v) is 9.52. The Morgan fingerprint density at radius 3 is 2.00 bits per heavy atom. The molecule has 0 heterocycles. The first-order chi connectivity index (χ1) is 15.2. The summed E-state index contributed by atoms with van der Waals surface area (Å²) in [5, 5.41) is 2.78. The highest BCUT2D eigenvalue weighted by Gasteiger charge is 2.33. The maximum atomic E-state index is 13.5. The molecule has 0 saturated heterocycles. The van der Waals surface area contributed by atoms with Gasteiger partial charge in [0.25, 0.3) is 0 Å². The smallest absolute Gasteiger partial charge is 0.304 e. The summed E-state index contributed by atoms with van der Waals surface area (Å²) in [6, 6.07) is 17.1. The number of benzene rings is 2. The molecule has 0 radical (unpaired) electrons. The lowest BCUT2D eigenvalue weighted by atomic mass is 10.1. The molecule has 0 fully saturated rings. The van der Waals surface area contributed by atoms with Crippen LogP contribution < -0.4 is 9.62 Å². The number of nitrogens with zero attached hydrogens (tertiary/aromatic N) is 3. The zero-order valence-corrected chi connectivity index (χ0v) is 19.9. The first-order valence-corrected chi connectivity index (χ1v) is 12.0. The Labute approximate surface area is 191 Å². The minimum atomic E-state index is -3.94. The molecule has 0 saturated carbocycles. The molecule has 0 bridgehead atoms. The van der Waals surface area contributed by atoms with Gasteiger partial charge in [-0.25, -0.2) is 4.31 Å². The lowest BCUT2D eigenvalue weighted by Gasteiger charge is -2.33. The molecule has 0 aromatic heterocycles. The number of amides is 2. The van der Waals surface area contributed by atoms with Crippen LogP contribution in [0.1, 0.15) is 25.8 Å². The number of carbonyl (C=O) groups excluding carboxylic acids is 2. The van der Waals surface area contributed by atoms with Crippen LogP contribution in [-0.4, -0.2) is 62.7 Å². The number of nitrogens with one attached hydrogen (secondary N) is 1. The van der Waals surface area contributed by atoms with Crippen molar-refractivity contribution in [1.82, 2.24) is 14.5 Å². The number of hydrogen-bond acceptors (Lipinski definition) is 4. The molecule has 2 rings (SSSR count). The molecule has 0 unspecified atom stereocenters. The fraction of sp³-hybridized carbons (Fsp3) is 0.391. The third-order valence-electron chi connectivity index (χ3n) is 5.00. The van der Waals surface area contributed by atoms with E-state index in [9.17, 15) is 18.0 Å². The average molecular weight is 461 g/mol. The minimum Gasteiger partial charge on any atom is -0.355 e. The molecule has 0 aliphatic carbocycles. The maximum Gasteiger partial charge on any atom is 0.304 e. The van der Waals surface area contributed by atoms with Crippen molar-refractivity contribution in [2.45, 2.75) is 32.9 Å². The van der Waals surface area contributed by atoms with Crippen LogP contribution in [0.5, 0.6) is 0 Å². The molecule has 2 aromatic carbocycles. The van der Waals surface area contributed by atoms with Gasteiger partial charge in [-0.1, -0.05) is 55.5 Å². The van der Waals surface area contributed by atoms with Crippen molar-refractivity contribution in [1.29, 1.82) is 0 Å². The summed E-state index contributed by atoms with van der Waals surface area (Å²) < 4.78 is 28.2. The molecule has 2 aromatic rings. The topological polar surface area (TPSA) is 90.0 Å². The van der Waals surface area contributed by atoms with E-state index in [0.29, 0.717) is 18.7 Å². The minimum absolute atomic E-state index is 0.194. The van der Waals surface area contributed by atoms with Gasteiger partial charge in [0.15, 0.2) is 0 Å². The zero-order chi connectivity index (χ0) is 23.7. The van der Waals surface area contributed by atoms with E-state index in [-0.39, 0.29) is 12.5 Å². The van der Waals surface area contributed by atoms with Gasteiger partial charge in [0.05, 0.1) is 5.69 Å². The SMILES string of the molecule is CCNC(=O)[C@@H](CC)N(Cc1ccccc1)C(=O)CN(c1ccccc1)S(=O)(=O)N(C)C. The molecule has 32 heavy (non-hydrogen) atoms. The summed E-state index contributed by atoms with van der Waals surface area (Å²) in [6.07, 6.45) is 0.399. The van der Waals surface area contributed by atoms with E-state index in [2.05, 4.69) is 5.32 Å². The Morgan fingerprint density at radius 2 is 1.50 bits per heavy atom. The van der Waals surface area contributed by atoms with Crippen molar-refractivity contribution < 1.29 is 18.0 Å². The third kappa shape index (κ3) is 6.30. The zero-order valence-electron chi connectivity index (χ0n) is 19.1. The van der Waals surface area contributed by atoms with Gasteiger partial charge in [-0.2, -0.15) is 12.7 Å². The summed E-state index contributed by atoms with van der Waals surface area (Å²) in [5.74, 6) is -0.720. The summed E-state index contributed by atoms with van der Waals surface area (Å²) in [7, 11) is -1.10. The second kappa shape index (κ2) is 11.6. The fourth-order valence-electron chi connectivity index (χ4n) is 3.30. The number of rotatable bonds is 11. The highest BCUT2D eigenvalue weighted by Crippen LogP contribution is 2.21. The molecule has 9 heteroatoms. The number of likely N-dealkylation sites (N-methyl/N-ethyl adjacent to an activating group) is 1. The molecular weight excluding hydrogens is 428 g/mol. The van der Waals surface area contributed by atoms with Gasteiger partial charge in [0, 0.05) is 27.2 Å². The van der Waals surface area contributed by atoms with Crippen molar-refractivity contribution >= 4 is 27.7 Å². The lowest BCUT2D eigenvalue weighted by molar-refractivity contribution is -0.140. The molecule has 0 aliphatic rings. The van der Waals surface area contributed by atoms with E-state index in [1.807, 2.05) is 44.2 Å². The van der Waals surface area contributed by atoms with Gasteiger partial charge < -0.3 is 10.2 Å². The Morgan fingerprint density at radius 1 is 0.938 bits per heavy atom. The molecular formula is C23H32N4O4S. The van der Waals surface area contributed by atoms with Gasteiger partial charge in [-0.3, -0.25) is 9.59 Å². The van der Waals surface area contributed by atoms with Crippen LogP contribution in [-0.2, 0) is 26.3 Å². The van der Waals surface area contributed by atoms with Crippen molar-refractivity contribution in [3.05, 3.63) is 66.2 Å². The van der Waals surface area contributed by atoms with Crippen LogP contribution in [0.3, 0.4) is 0 Å². The van der Waals surface area contributed by atoms with Crippen molar-refractivity contribution in [3.63, 3.8) is 0 Å². The fourth-order valence-corrected chi connectivity index (χ4v) is 4.36. The number of hydrogen-bond donors (Lipinski definition) is 1. The highest BCUT2D eigenvalue weighted by molar-refractivity contribution is 7.90. The Balaban J connectivity index is 2.44. The average Bonchev–Trinajstić information content (AvgIpc) is 2.78. The molecule has 2 amide bonds. The van der Waals surface area contributed by atoms with Gasteiger partial charge in [-0.15, -0.1) is 0 Å². The van der Waals surface area contributed by atoms with Gasteiger partial charge in [0.1, 0.15) is 12.6 Å². The van der Waals surface area contributed by atoms with Gasteiger partial charge in [0.2, 0.25) is 11.8 Å². The second-order valence-electron chi connectivity index (χ2n) is 7.46. The third-order valence-corrected chi connectivity index (χ3v) is 6.82. The van der Waals surface area contributed by atoms with E-state index in [0.717, 1.165) is 14.2 Å². The van der Waals surface area contributed by atoms with Crippen LogP contribution >= 0.6 is 0 Å². The molecule has 1 atom stereocenters. The molecule has 8 nitrogen and oxygen atoms in total. The Kier molecular flexibility index (Phi) is 9.22. The quantitative estimate of drug-likeness (QED) is 0.557. The van der Waals surface area contributed by atoms with Crippen LogP contribution in [0.4, 0.5) is 5.69 Å².